The molecule has 8 heteroatoms. The second-order valence-electron chi connectivity index (χ2n) is 5.97. The van der Waals surface area contributed by atoms with Crippen LogP contribution < -0.4 is 10.5 Å². The van der Waals surface area contributed by atoms with E-state index in [0.29, 0.717) is 38.5 Å². The summed E-state index contributed by atoms with van der Waals surface area (Å²) in [7, 11) is -3.36. The molecule has 1 aliphatic heterocycles. The second-order valence-corrected chi connectivity index (χ2v) is 7.94. The lowest BCUT2D eigenvalue weighted by Crippen LogP contribution is -2.50. The van der Waals surface area contributed by atoms with Crippen LogP contribution in [0.25, 0.3) is 0 Å². The van der Waals surface area contributed by atoms with Gasteiger partial charge < -0.3 is 9.47 Å². The van der Waals surface area contributed by atoms with Gasteiger partial charge in [0, 0.05) is 45.1 Å². The minimum atomic E-state index is -3.36. The monoisotopic (exact) mass is 362 g/mol. The Labute approximate surface area is 147 Å². The first-order valence-electron chi connectivity index (χ1n) is 8.33. The van der Waals surface area contributed by atoms with Gasteiger partial charge in [-0.3, -0.25) is 4.79 Å². The molecular formula is C17H22N4O3S. The van der Waals surface area contributed by atoms with Gasteiger partial charge in [0.05, 0.1) is 5.75 Å². The van der Waals surface area contributed by atoms with Crippen LogP contribution in [0, 0.1) is 0 Å². The Morgan fingerprint density at radius 1 is 1.08 bits per heavy atom. The van der Waals surface area contributed by atoms with Gasteiger partial charge in [-0.25, -0.2) is 13.4 Å². The van der Waals surface area contributed by atoms with E-state index in [0.717, 1.165) is 5.56 Å². The van der Waals surface area contributed by atoms with Crippen LogP contribution in [0.15, 0.2) is 47.5 Å². The van der Waals surface area contributed by atoms with Gasteiger partial charge in [0.15, 0.2) is 5.82 Å². The van der Waals surface area contributed by atoms with Crippen molar-refractivity contribution in [2.24, 2.45) is 0 Å². The van der Waals surface area contributed by atoms with Crippen molar-refractivity contribution >= 4 is 15.8 Å². The van der Waals surface area contributed by atoms with Gasteiger partial charge in [0.2, 0.25) is 10.0 Å². The summed E-state index contributed by atoms with van der Waals surface area (Å²) in [6.45, 7) is 4.13. The van der Waals surface area contributed by atoms with E-state index in [4.69, 9.17) is 0 Å². The highest BCUT2D eigenvalue weighted by atomic mass is 32.2. The Morgan fingerprint density at radius 2 is 1.76 bits per heavy atom. The molecule has 0 aliphatic carbocycles. The summed E-state index contributed by atoms with van der Waals surface area (Å²) in [6.07, 6.45) is 3.27. The normalized spacial score (nSPS) is 16.1. The van der Waals surface area contributed by atoms with Crippen LogP contribution in [-0.4, -0.2) is 48.5 Å². The van der Waals surface area contributed by atoms with Crippen LogP contribution in [0.5, 0.6) is 0 Å². The second kappa shape index (κ2) is 7.37. The maximum Gasteiger partial charge on any atom is 0.293 e. The molecule has 25 heavy (non-hydrogen) atoms. The zero-order chi connectivity index (χ0) is 17.9. The third-order valence-electron chi connectivity index (χ3n) is 4.36. The maximum absolute atomic E-state index is 12.6. The van der Waals surface area contributed by atoms with Crippen molar-refractivity contribution < 1.29 is 8.42 Å². The largest absolute Gasteiger partial charge is 0.349 e. The summed E-state index contributed by atoms with van der Waals surface area (Å²) < 4.78 is 28.3. The molecule has 0 N–H and O–H groups in total. The molecule has 2 heterocycles. The first kappa shape index (κ1) is 17.6. The molecule has 3 rings (SSSR count). The quantitative estimate of drug-likeness (QED) is 0.790. The number of sulfonamides is 1. The van der Waals surface area contributed by atoms with E-state index < -0.39 is 10.0 Å². The number of aryl methyl sites for hydroxylation is 1. The zero-order valence-electron chi connectivity index (χ0n) is 14.2. The Hall–Kier alpha value is -2.19. The third kappa shape index (κ3) is 3.91. The Kier molecular flexibility index (Phi) is 5.19. The van der Waals surface area contributed by atoms with E-state index in [1.807, 2.05) is 42.2 Å². The Balaban J connectivity index is 1.69. The zero-order valence-corrected chi connectivity index (χ0v) is 15.0. The van der Waals surface area contributed by atoms with Crippen molar-refractivity contribution in [3.05, 3.63) is 58.6 Å². The van der Waals surface area contributed by atoms with Crippen molar-refractivity contribution in [3.8, 4) is 0 Å². The smallest absolute Gasteiger partial charge is 0.293 e. The molecule has 1 fully saturated rings. The molecule has 134 valence electrons. The minimum absolute atomic E-state index is 0.0000667. The van der Waals surface area contributed by atoms with E-state index in [1.54, 1.807) is 17.0 Å². The SMILES string of the molecule is CCn1ccnc(N2CCN(S(=O)(=O)Cc3ccccc3)CC2)c1=O. The van der Waals surface area contributed by atoms with Crippen LogP contribution in [0.2, 0.25) is 0 Å². The highest BCUT2D eigenvalue weighted by Crippen LogP contribution is 2.15. The van der Waals surface area contributed by atoms with Crippen molar-refractivity contribution in [3.63, 3.8) is 0 Å². The molecule has 1 aromatic heterocycles. The van der Waals surface area contributed by atoms with Crippen LogP contribution >= 0.6 is 0 Å². The lowest BCUT2D eigenvalue weighted by Gasteiger charge is -2.34. The average Bonchev–Trinajstić information content (AvgIpc) is 2.62. The third-order valence-corrected chi connectivity index (χ3v) is 6.21. The fourth-order valence-corrected chi connectivity index (χ4v) is 4.47. The standard InChI is InChI=1S/C17H22N4O3S/c1-2-19-9-8-18-16(17(19)22)20-10-12-21(13-11-20)25(23,24)14-15-6-4-3-5-7-15/h3-9H,2,10-14H2,1H3. The summed E-state index contributed by atoms with van der Waals surface area (Å²) in [5.41, 5.74) is 0.645. The van der Waals surface area contributed by atoms with Crippen molar-refractivity contribution in [1.29, 1.82) is 0 Å². The van der Waals surface area contributed by atoms with E-state index >= 15 is 0 Å². The number of anilines is 1. The fourth-order valence-electron chi connectivity index (χ4n) is 2.96. The minimum Gasteiger partial charge on any atom is -0.349 e. The molecule has 1 saturated heterocycles. The van der Waals surface area contributed by atoms with Crippen molar-refractivity contribution in [2.45, 2.75) is 19.2 Å². The van der Waals surface area contributed by atoms with Crippen molar-refractivity contribution in [1.82, 2.24) is 13.9 Å². The predicted octanol–water partition coefficient (Wildman–Crippen LogP) is 0.915. The fraction of sp³-hybridized carbons (Fsp3) is 0.412. The summed E-state index contributed by atoms with van der Waals surface area (Å²) in [5.74, 6) is 0.393. The molecule has 0 atom stereocenters. The summed E-state index contributed by atoms with van der Waals surface area (Å²) in [6, 6.07) is 9.17. The number of nitrogens with zero attached hydrogens (tertiary/aromatic N) is 4. The Bertz CT molecular complexity index is 872. The van der Waals surface area contributed by atoms with Crippen LogP contribution in [-0.2, 0) is 22.3 Å². The van der Waals surface area contributed by atoms with Crippen LogP contribution in [0.3, 0.4) is 0 Å². The van der Waals surface area contributed by atoms with E-state index in [2.05, 4.69) is 4.98 Å². The summed E-state index contributed by atoms with van der Waals surface area (Å²) >= 11 is 0. The van der Waals surface area contributed by atoms with Gasteiger partial charge in [-0.2, -0.15) is 4.31 Å². The highest BCUT2D eigenvalue weighted by Gasteiger charge is 2.28. The van der Waals surface area contributed by atoms with E-state index in [-0.39, 0.29) is 11.3 Å². The Morgan fingerprint density at radius 3 is 2.40 bits per heavy atom. The maximum atomic E-state index is 12.6. The first-order valence-corrected chi connectivity index (χ1v) is 9.94. The number of benzene rings is 1. The summed E-state index contributed by atoms with van der Waals surface area (Å²) in [4.78, 5) is 18.4. The predicted molar refractivity (Wildman–Crippen MR) is 97.0 cm³/mol. The molecule has 2 aromatic rings. The average molecular weight is 362 g/mol. The molecule has 0 radical (unpaired) electrons. The molecule has 0 amide bonds. The molecule has 0 bridgehead atoms. The topological polar surface area (TPSA) is 75.5 Å². The molecule has 1 aliphatic rings. The number of rotatable bonds is 5. The molecule has 1 aromatic carbocycles. The molecule has 0 spiro atoms. The van der Waals surface area contributed by atoms with Crippen LogP contribution in [0.1, 0.15) is 12.5 Å². The summed E-state index contributed by atoms with van der Waals surface area (Å²) in [5, 5.41) is 0. The molecular weight excluding hydrogens is 340 g/mol. The highest BCUT2D eigenvalue weighted by molar-refractivity contribution is 7.88. The number of piperazine rings is 1. The molecule has 0 saturated carbocycles. The van der Waals surface area contributed by atoms with Gasteiger partial charge in [-0.05, 0) is 12.5 Å². The van der Waals surface area contributed by atoms with Crippen LogP contribution in [0.4, 0.5) is 5.82 Å². The van der Waals surface area contributed by atoms with Gasteiger partial charge in [-0.1, -0.05) is 30.3 Å². The lowest BCUT2D eigenvalue weighted by atomic mass is 10.2. The van der Waals surface area contributed by atoms with Gasteiger partial charge in [0.1, 0.15) is 0 Å². The molecule has 0 unspecified atom stereocenters. The first-order chi connectivity index (χ1) is 12.0. The van der Waals surface area contributed by atoms with Crippen molar-refractivity contribution in [2.75, 3.05) is 31.1 Å². The number of hydrogen-bond donors (Lipinski definition) is 0. The number of aromatic nitrogens is 2. The van der Waals surface area contributed by atoms with E-state index in [9.17, 15) is 13.2 Å². The lowest BCUT2D eigenvalue weighted by molar-refractivity contribution is 0.382. The molecule has 7 nitrogen and oxygen atoms in total. The van der Waals surface area contributed by atoms with Gasteiger partial charge >= 0.3 is 0 Å². The van der Waals surface area contributed by atoms with E-state index in [1.165, 1.54) is 4.31 Å². The van der Waals surface area contributed by atoms with Gasteiger partial charge in [0.25, 0.3) is 5.56 Å². The number of hydrogen-bond acceptors (Lipinski definition) is 5. The van der Waals surface area contributed by atoms with Gasteiger partial charge in [-0.15, -0.1) is 0 Å².